The average molecular weight is 321 g/mol. The number of rotatable bonds is 10. The second kappa shape index (κ2) is 10.5. The minimum Gasteiger partial charge on any atom is -0.496 e. The summed E-state index contributed by atoms with van der Waals surface area (Å²) in [4.78, 5) is 11.8. The molecule has 0 aliphatic heterocycles. The summed E-state index contributed by atoms with van der Waals surface area (Å²) in [5.41, 5.74) is 0.756. The van der Waals surface area contributed by atoms with Crippen LogP contribution >= 0.6 is 0 Å². The number of hydrogen-bond acceptors (Lipinski definition) is 4. The Morgan fingerprint density at radius 1 is 1.00 bits per heavy atom. The predicted molar refractivity (Wildman–Crippen MR) is 92.3 cm³/mol. The Hall–Kier alpha value is -2.17. The first-order valence-corrected chi connectivity index (χ1v) is 7.92. The van der Waals surface area contributed by atoms with Crippen LogP contribution in [0, 0.1) is 0 Å². The molecule has 5 nitrogen and oxygen atoms in total. The molecule has 0 fully saturated rings. The number of carbonyl (C=O) groups is 1. The van der Waals surface area contributed by atoms with Gasteiger partial charge in [-0.2, -0.15) is 0 Å². The molecular weight excluding hydrogens is 294 g/mol. The molecule has 0 aliphatic rings. The van der Waals surface area contributed by atoms with E-state index in [1.54, 1.807) is 39.5 Å². The van der Waals surface area contributed by atoms with Gasteiger partial charge in [-0.25, -0.2) is 0 Å². The topological polar surface area (TPSA) is 56.8 Å². The highest BCUT2D eigenvalue weighted by Crippen LogP contribution is 2.35. The van der Waals surface area contributed by atoms with Gasteiger partial charge in [-0.15, -0.1) is 0 Å². The van der Waals surface area contributed by atoms with Gasteiger partial charge in [0.05, 0.1) is 21.3 Å². The quantitative estimate of drug-likeness (QED) is 0.530. The van der Waals surface area contributed by atoms with E-state index in [4.69, 9.17) is 14.2 Å². The highest BCUT2D eigenvalue weighted by Gasteiger charge is 2.10. The van der Waals surface area contributed by atoms with Gasteiger partial charge in [-0.05, 0) is 18.6 Å². The Morgan fingerprint density at radius 2 is 1.65 bits per heavy atom. The molecule has 0 heterocycles. The van der Waals surface area contributed by atoms with Crippen molar-refractivity contribution >= 4 is 12.0 Å². The summed E-state index contributed by atoms with van der Waals surface area (Å²) in [5, 5.41) is 2.88. The van der Waals surface area contributed by atoms with Crippen LogP contribution in [-0.4, -0.2) is 33.8 Å². The first-order chi connectivity index (χ1) is 11.2. The molecule has 0 aromatic heterocycles. The Balaban J connectivity index is 2.69. The van der Waals surface area contributed by atoms with Crippen LogP contribution in [0.1, 0.15) is 38.2 Å². The summed E-state index contributed by atoms with van der Waals surface area (Å²) < 4.78 is 15.8. The lowest BCUT2D eigenvalue weighted by Crippen LogP contribution is -2.21. The highest BCUT2D eigenvalue weighted by atomic mass is 16.5. The summed E-state index contributed by atoms with van der Waals surface area (Å²) in [6.07, 6.45) is 7.75. The number of benzene rings is 1. The van der Waals surface area contributed by atoms with Gasteiger partial charge in [-0.1, -0.05) is 26.2 Å². The zero-order valence-electron chi connectivity index (χ0n) is 14.5. The molecule has 1 aromatic carbocycles. The van der Waals surface area contributed by atoms with Crippen molar-refractivity contribution < 1.29 is 19.0 Å². The van der Waals surface area contributed by atoms with E-state index in [2.05, 4.69) is 12.2 Å². The molecule has 0 atom stereocenters. The van der Waals surface area contributed by atoms with Crippen LogP contribution in [0.5, 0.6) is 17.2 Å². The van der Waals surface area contributed by atoms with Crippen LogP contribution in [0.2, 0.25) is 0 Å². The number of nitrogens with one attached hydrogen (secondary N) is 1. The first-order valence-electron chi connectivity index (χ1n) is 7.92. The lowest BCUT2D eigenvalue weighted by Gasteiger charge is -2.12. The molecular formula is C18H27NO4. The molecule has 0 aliphatic carbocycles. The molecule has 1 N–H and O–H groups in total. The van der Waals surface area contributed by atoms with Crippen molar-refractivity contribution in [2.24, 2.45) is 0 Å². The summed E-state index contributed by atoms with van der Waals surface area (Å²) >= 11 is 0. The molecule has 0 saturated heterocycles. The molecule has 0 unspecified atom stereocenters. The van der Waals surface area contributed by atoms with Crippen LogP contribution in [0.25, 0.3) is 6.08 Å². The number of carbonyl (C=O) groups excluding carboxylic acids is 1. The fraction of sp³-hybridized carbons (Fsp3) is 0.500. The molecule has 1 amide bonds. The third-order valence-electron chi connectivity index (χ3n) is 3.48. The Labute approximate surface area is 138 Å². The van der Waals surface area contributed by atoms with Crippen LogP contribution in [0.3, 0.4) is 0 Å². The number of ether oxygens (including phenoxy) is 3. The number of unbranched alkanes of at least 4 members (excludes halogenated alkanes) is 3. The second-order valence-corrected chi connectivity index (χ2v) is 5.13. The van der Waals surface area contributed by atoms with E-state index in [0.29, 0.717) is 23.8 Å². The SMILES string of the molecule is CCCCCCNC(=O)/C=C/c1cc(OC)c(OC)cc1OC. The summed E-state index contributed by atoms with van der Waals surface area (Å²) in [5.74, 6) is 1.68. The summed E-state index contributed by atoms with van der Waals surface area (Å²) in [7, 11) is 4.71. The van der Waals surface area contributed by atoms with Crippen LogP contribution in [-0.2, 0) is 4.79 Å². The maximum Gasteiger partial charge on any atom is 0.244 e. The third kappa shape index (κ3) is 6.22. The zero-order valence-corrected chi connectivity index (χ0v) is 14.5. The van der Waals surface area contributed by atoms with Gasteiger partial charge in [0.1, 0.15) is 5.75 Å². The Kier molecular flexibility index (Phi) is 8.65. The number of amides is 1. The van der Waals surface area contributed by atoms with Crippen LogP contribution < -0.4 is 19.5 Å². The van der Waals surface area contributed by atoms with Crippen molar-refractivity contribution in [3.8, 4) is 17.2 Å². The molecule has 0 spiro atoms. The number of methoxy groups -OCH3 is 3. The van der Waals surface area contributed by atoms with Gasteiger partial charge in [0.15, 0.2) is 11.5 Å². The predicted octanol–water partition coefficient (Wildman–Crippen LogP) is 3.42. The van der Waals surface area contributed by atoms with Gasteiger partial charge >= 0.3 is 0 Å². The van der Waals surface area contributed by atoms with Crippen molar-refractivity contribution in [1.29, 1.82) is 0 Å². The Bertz CT molecular complexity index is 526. The average Bonchev–Trinajstić information content (AvgIpc) is 2.58. The maximum atomic E-state index is 11.8. The van der Waals surface area contributed by atoms with E-state index in [9.17, 15) is 4.79 Å². The molecule has 0 saturated carbocycles. The van der Waals surface area contributed by atoms with E-state index >= 15 is 0 Å². The van der Waals surface area contributed by atoms with Gasteiger partial charge in [0.2, 0.25) is 5.91 Å². The van der Waals surface area contributed by atoms with Crippen LogP contribution in [0.4, 0.5) is 0 Å². The van der Waals surface area contributed by atoms with Crippen molar-refractivity contribution in [3.63, 3.8) is 0 Å². The lowest BCUT2D eigenvalue weighted by molar-refractivity contribution is -0.116. The number of hydrogen-bond donors (Lipinski definition) is 1. The Morgan fingerprint density at radius 3 is 2.26 bits per heavy atom. The van der Waals surface area contributed by atoms with Crippen molar-refractivity contribution in [3.05, 3.63) is 23.8 Å². The van der Waals surface area contributed by atoms with Crippen molar-refractivity contribution in [2.45, 2.75) is 32.6 Å². The van der Waals surface area contributed by atoms with Crippen molar-refractivity contribution in [2.75, 3.05) is 27.9 Å². The molecule has 1 rings (SSSR count). The zero-order chi connectivity index (χ0) is 17.1. The first kappa shape index (κ1) is 18.9. The molecule has 128 valence electrons. The van der Waals surface area contributed by atoms with E-state index in [-0.39, 0.29) is 5.91 Å². The van der Waals surface area contributed by atoms with E-state index in [1.165, 1.54) is 18.9 Å². The highest BCUT2D eigenvalue weighted by molar-refractivity contribution is 5.92. The smallest absolute Gasteiger partial charge is 0.244 e. The fourth-order valence-corrected chi connectivity index (χ4v) is 2.17. The van der Waals surface area contributed by atoms with Gasteiger partial charge in [-0.3, -0.25) is 4.79 Å². The van der Waals surface area contributed by atoms with Crippen LogP contribution in [0.15, 0.2) is 18.2 Å². The fourth-order valence-electron chi connectivity index (χ4n) is 2.17. The van der Waals surface area contributed by atoms with Gasteiger partial charge < -0.3 is 19.5 Å². The van der Waals surface area contributed by atoms with E-state index < -0.39 is 0 Å². The molecule has 0 bridgehead atoms. The minimum atomic E-state index is -0.113. The third-order valence-corrected chi connectivity index (χ3v) is 3.48. The molecule has 0 radical (unpaired) electrons. The lowest BCUT2D eigenvalue weighted by atomic mass is 10.1. The normalized spacial score (nSPS) is 10.6. The summed E-state index contributed by atoms with van der Waals surface area (Å²) in [6.45, 7) is 2.87. The molecule has 5 heteroatoms. The van der Waals surface area contributed by atoms with Crippen molar-refractivity contribution in [1.82, 2.24) is 5.32 Å². The van der Waals surface area contributed by atoms with Gasteiger partial charge in [0, 0.05) is 24.3 Å². The van der Waals surface area contributed by atoms with Gasteiger partial charge in [0.25, 0.3) is 0 Å². The molecule has 1 aromatic rings. The minimum absolute atomic E-state index is 0.113. The largest absolute Gasteiger partial charge is 0.496 e. The second-order valence-electron chi connectivity index (χ2n) is 5.13. The standard InChI is InChI=1S/C18H27NO4/c1-5-6-7-8-11-19-18(20)10-9-14-12-16(22-3)17(23-4)13-15(14)21-2/h9-10,12-13H,5-8,11H2,1-4H3,(H,19,20)/b10-9+. The van der Waals surface area contributed by atoms with E-state index in [0.717, 1.165) is 18.4 Å². The molecule has 23 heavy (non-hydrogen) atoms. The van der Waals surface area contributed by atoms with E-state index in [1.807, 2.05) is 0 Å². The summed E-state index contributed by atoms with van der Waals surface area (Å²) in [6, 6.07) is 3.52. The monoisotopic (exact) mass is 321 g/mol. The maximum absolute atomic E-state index is 11.8.